The molecule has 0 spiro atoms. The number of benzene rings is 2. The van der Waals surface area contributed by atoms with Gasteiger partial charge in [0.1, 0.15) is 17.3 Å². The second-order valence-corrected chi connectivity index (χ2v) is 5.86. The van der Waals surface area contributed by atoms with E-state index in [0.29, 0.717) is 18.1 Å². The summed E-state index contributed by atoms with van der Waals surface area (Å²) >= 11 is 0. The fraction of sp³-hybridized carbons (Fsp3) is 0.200. The van der Waals surface area contributed by atoms with Crippen molar-refractivity contribution in [2.24, 2.45) is 0 Å². The van der Waals surface area contributed by atoms with Crippen LogP contribution in [0.15, 0.2) is 48.7 Å². The Hall–Kier alpha value is -3.48. The van der Waals surface area contributed by atoms with E-state index >= 15 is 0 Å². The molecule has 3 aromatic rings. The highest BCUT2D eigenvalue weighted by molar-refractivity contribution is 5.62. The molecule has 0 amide bonds. The number of ether oxygens (including phenoxy) is 4. The van der Waals surface area contributed by atoms with Gasteiger partial charge < -0.3 is 24.3 Å². The SMILES string of the molecule is COc1ccc(CNc2ccnc(-c3ccc4c(c3)OCO4)n2)c(OC)c1. The lowest BCUT2D eigenvalue weighted by molar-refractivity contribution is 0.174. The van der Waals surface area contributed by atoms with Crippen molar-refractivity contribution in [2.45, 2.75) is 6.54 Å². The summed E-state index contributed by atoms with van der Waals surface area (Å²) in [6.45, 7) is 0.801. The average molecular weight is 365 g/mol. The van der Waals surface area contributed by atoms with Gasteiger partial charge in [0.2, 0.25) is 6.79 Å². The molecule has 1 aliphatic rings. The first-order chi connectivity index (χ1) is 13.3. The second kappa shape index (κ2) is 7.41. The van der Waals surface area contributed by atoms with Crippen molar-refractivity contribution in [3.8, 4) is 34.4 Å². The number of methoxy groups -OCH3 is 2. The van der Waals surface area contributed by atoms with Gasteiger partial charge in [-0.15, -0.1) is 0 Å². The van der Waals surface area contributed by atoms with Crippen molar-refractivity contribution < 1.29 is 18.9 Å². The number of hydrogen-bond acceptors (Lipinski definition) is 7. The minimum absolute atomic E-state index is 0.241. The topological polar surface area (TPSA) is 74.7 Å². The van der Waals surface area contributed by atoms with Crippen molar-refractivity contribution in [1.82, 2.24) is 9.97 Å². The van der Waals surface area contributed by atoms with Crippen molar-refractivity contribution in [2.75, 3.05) is 26.3 Å². The Morgan fingerprint density at radius 3 is 2.74 bits per heavy atom. The van der Waals surface area contributed by atoms with Crippen molar-refractivity contribution in [3.63, 3.8) is 0 Å². The molecular formula is C20H19N3O4. The van der Waals surface area contributed by atoms with Crippen molar-refractivity contribution in [1.29, 1.82) is 0 Å². The van der Waals surface area contributed by atoms with E-state index in [1.165, 1.54) is 0 Å². The van der Waals surface area contributed by atoms with Gasteiger partial charge in [0.25, 0.3) is 0 Å². The maximum atomic E-state index is 5.43. The van der Waals surface area contributed by atoms with E-state index in [4.69, 9.17) is 18.9 Å². The summed E-state index contributed by atoms with van der Waals surface area (Å²) in [5, 5.41) is 3.31. The zero-order chi connectivity index (χ0) is 18.6. The van der Waals surface area contributed by atoms with Crippen LogP contribution in [-0.4, -0.2) is 31.0 Å². The summed E-state index contributed by atoms with van der Waals surface area (Å²) in [4.78, 5) is 8.95. The van der Waals surface area contributed by atoms with E-state index in [2.05, 4.69) is 15.3 Å². The van der Waals surface area contributed by atoms with Gasteiger partial charge in [-0.2, -0.15) is 0 Å². The molecule has 27 heavy (non-hydrogen) atoms. The third-order valence-corrected chi connectivity index (χ3v) is 4.24. The normalized spacial score (nSPS) is 11.9. The van der Waals surface area contributed by atoms with Crippen LogP contribution in [0.2, 0.25) is 0 Å². The van der Waals surface area contributed by atoms with Crippen molar-refractivity contribution in [3.05, 3.63) is 54.2 Å². The van der Waals surface area contributed by atoms with Crippen LogP contribution in [-0.2, 0) is 6.54 Å². The lowest BCUT2D eigenvalue weighted by atomic mass is 10.2. The lowest BCUT2D eigenvalue weighted by Gasteiger charge is -2.12. The molecule has 0 saturated carbocycles. The zero-order valence-corrected chi connectivity index (χ0v) is 15.1. The van der Waals surface area contributed by atoms with Gasteiger partial charge in [-0.05, 0) is 36.4 Å². The molecule has 0 saturated heterocycles. The maximum absolute atomic E-state index is 5.43. The summed E-state index contributed by atoms with van der Waals surface area (Å²) in [5.41, 5.74) is 1.87. The Morgan fingerprint density at radius 2 is 1.89 bits per heavy atom. The molecule has 0 bridgehead atoms. The summed E-state index contributed by atoms with van der Waals surface area (Å²) in [5.74, 6) is 4.28. The molecule has 7 nitrogen and oxygen atoms in total. The highest BCUT2D eigenvalue weighted by atomic mass is 16.7. The first-order valence-corrected chi connectivity index (χ1v) is 8.44. The van der Waals surface area contributed by atoms with E-state index < -0.39 is 0 Å². The number of aromatic nitrogens is 2. The van der Waals surface area contributed by atoms with Crippen LogP contribution in [0.3, 0.4) is 0 Å². The standard InChI is InChI=1S/C20H19N3O4/c1-24-15-5-3-14(17(10-15)25-2)11-22-19-7-8-21-20(23-19)13-4-6-16-18(9-13)27-12-26-16/h3-10H,11-12H2,1-2H3,(H,21,22,23). The molecule has 1 aromatic heterocycles. The Morgan fingerprint density at radius 1 is 1.00 bits per heavy atom. The van der Waals surface area contributed by atoms with Crippen LogP contribution >= 0.6 is 0 Å². The fourth-order valence-electron chi connectivity index (χ4n) is 2.82. The minimum atomic E-state index is 0.241. The monoisotopic (exact) mass is 365 g/mol. The summed E-state index contributed by atoms with van der Waals surface area (Å²) in [6.07, 6.45) is 1.72. The van der Waals surface area contributed by atoms with Gasteiger partial charge in [0, 0.05) is 29.9 Å². The molecule has 7 heteroatoms. The number of rotatable bonds is 6. The first kappa shape index (κ1) is 17.0. The number of hydrogen-bond donors (Lipinski definition) is 1. The molecule has 4 rings (SSSR count). The van der Waals surface area contributed by atoms with Crippen LogP contribution < -0.4 is 24.3 Å². The highest BCUT2D eigenvalue weighted by Gasteiger charge is 2.15. The van der Waals surface area contributed by atoms with Crippen LogP contribution in [0.1, 0.15) is 5.56 Å². The molecule has 0 atom stereocenters. The second-order valence-electron chi connectivity index (χ2n) is 5.86. The van der Waals surface area contributed by atoms with Crippen LogP contribution in [0.5, 0.6) is 23.0 Å². The Balaban J connectivity index is 1.52. The quantitative estimate of drug-likeness (QED) is 0.716. The minimum Gasteiger partial charge on any atom is -0.497 e. The van der Waals surface area contributed by atoms with Gasteiger partial charge in [-0.3, -0.25) is 0 Å². The van der Waals surface area contributed by atoms with Gasteiger partial charge in [0.05, 0.1) is 14.2 Å². The van der Waals surface area contributed by atoms with Crippen LogP contribution in [0, 0.1) is 0 Å². The van der Waals surface area contributed by atoms with Crippen LogP contribution in [0.4, 0.5) is 5.82 Å². The third-order valence-electron chi connectivity index (χ3n) is 4.24. The van der Waals surface area contributed by atoms with Crippen molar-refractivity contribution >= 4 is 5.82 Å². The van der Waals surface area contributed by atoms with E-state index in [1.54, 1.807) is 20.4 Å². The van der Waals surface area contributed by atoms with Crippen LogP contribution in [0.25, 0.3) is 11.4 Å². The molecule has 2 aromatic carbocycles. The molecule has 2 heterocycles. The molecular weight excluding hydrogens is 346 g/mol. The highest BCUT2D eigenvalue weighted by Crippen LogP contribution is 2.35. The van der Waals surface area contributed by atoms with E-state index in [9.17, 15) is 0 Å². The maximum Gasteiger partial charge on any atom is 0.231 e. The van der Waals surface area contributed by atoms with E-state index in [0.717, 1.165) is 34.2 Å². The number of nitrogens with one attached hydrogen (secondary N) is 1. The molecule has 0 aliphatic carbocycles. The zero-order valence-electron chi connectivity index (χ0n) is 15.1. The molecule has 0 radical (unpaired) electrons. The smallest absolute Gasteiger partial charge is 0.231 e. The van der Waals surface area contributed by atoms with Gasteiger partial charge in [0.15, 0.2) is 17.3 Å². The fourth-order valence-corrected chi connectivity index (χ4v) is 2.82. The average Bonchev–Trinajstić information content (AvgIpc) is 3.20. The Bertz CT molecular complexity index is 962. The number of anilines is 1. The predicted molar refractivity (Wildman–Crippen MR) is 100 cm³/mol. The molecule has 1 N–H and O–H groups in total. The predicted octanol–water partition coefficient (Wildman–Crippen LogP) is 3.50. The van der Waals surface area contributed by atoms with Gasteiger partial charge in [-0.25, -0.2) is 9.97 Å². The summed E-state index contributed by atoms with van der Waals surface area (Å²) in [6, 6.07) is 13.2. The summed E-state index contributed by atoms with van der Waals surface area (Å²) < 4.78 is 21.4. The molecule has 138 valence electrons. The molecule has 1 aliphatic heterocycles. The summed E-state index contributed by atoms with van der Waals surface area (Å²) in [7, 11) is 3.27. The largest absolute Gasteiger partial charge is 0.497 e. The van der Waals surface area contributed by atoms with E-state index in [1.807, 2.05) is 42.5 Å². The molecule has 0 fully saturated rings. The lowest BCUT2D eigenvalue weighted by Crippen LogP contribution is -2.04. The Labute approximate surface area is 156 Å². The third kappa shape index (κ3) is 3.57. The van der Waals surface area contributed by atoms with Gasteiger partial charge >= 0.3 is 0 Å². The Kier molecular flexibility index (Phi) is 4.65. The van der Waals surface area contributed by atoms with Gasteiger partial charge in [-0.1, -0.05) is 0 Å². The van der Waals surface area contributed by atoms with E-state index in [-0.39, 0.29) is 6.79 Å². The molecule has 0 unspecified atom stereocenters. The number of nitrogens with zero attached hydrogens (tertiary/aromatic N) is 2. The first-order valence-electron chi connectivity index (χ1n) is 8.44. The number of fused-ring (bicyclic) bond motifs is 1.